The standard InChI is InChI=1S/C13H19FN2O2S/c1-9(2)15-8-10-7-12(5-6-13(10)14)19(17,18)16-11-3-4-11/h5-7,9,11,15-16H,3-4,8H2,1-2H3. The second-order valence-corrected chi connectivity index (χ2v) is 6.90. The topological polar surface area (TPSA) is 58.2 Å². The van der Waals surface area contributed by atoms with Gasteiger partial charge in [-0.3, -0.25) is 0 Å². The van der Waals surface area contributed by atoms with Crippen LogP contribution in [0.2, 0.25) is 0 Å². The monoisotopic (exact) mass is 286 g/mol. The fourth-order valence-corrected chi connectivity index (χ4v) is 3.01. The molecule has 0 radical (unpaired) electrons. The van der Waals surface area contributed by atoms with Gasteiger partial charge in [0.1, 0.15) is 5.82 Å². The quantitative estimate of drug-likeness (QED) is 0.838. The molecule has 1 saturated carbocycles. The summed E-state index contributed by atoms with van der Waals surface area (Å²) in [6, 6.07) is 4.17. The Kier molecular flexibility index (Phi) is 4.23. The van der Waals surface area contributed by atoms with Gasteiger partial charge in [0, 0.05) is 24.2 Å². The van der Waals surface area contributed by atoms with Gasteiger partial charge >= 0.3 is 0 Å². The smallest absolute Gasteiger partial charge is 0.240 e. The molecule has 0 unspecified atom stereocenters. The Morgan fingerprint density at radius 1 is 1.37 bits per heavy atom. The molecule has 6 heteroatoms. The lowest BCUT2D eigenvalue weighted by molar-refractivity contribution is 0.550. The predicted molar refractivity (Wildman–Crippen MR) is 71.7 cm³/mol. The third kappa shape index (κ3) is 3.99. The van der Waals surface area contributed by atoms with E-state index in [1.807, 2.05) is 13.8 Å². The van der Waals surface area contributed by atoms with E-state index >= 15 is 0 Å². The molecule has 1 fully saturated rings. The van der Waals surface area contributed by atoms with Crippen LogP contribution < -0.4 is 10.0 Å². The maximum absolute atomic E-state index is 13.6. The summed E-state index contributed by atoms with van der Waals surface area (Å²) in [5, 5.41) is 3.08. The molecule has 4 nitrogen and oxygen atoms in total. The van der Waals surface area contributed by atoms with Crippen LogP contribution in [-0.2, 0) is 16.6 Å². The van der Waals surface area contributed by atoms with Crippen LogP contribution in [0, 0.1) is 5.82 Å². The highest BCUT2D eigenvalue weighted by Gasteiger charge is 2.28. The molecule has 0 atom stereocenters. The van der Waals surface area contributed by atoms with Gasteiger partial charge in [-0.25, -0.2) is 17.5 Å². The number of rotatable bonds is 6. The molecule has 1 aromatic carbocycles. The van der Waals surface area contributed by atoms with Gasteiger partial charge in [0.2, 0.25) is 10.0 Å². The van der Waals surface area contributed by atoms with Crippen LogP contribution in [0.5, 0.6) is 0 Å². The Labute approximate surface area is 113 Å². The van der Waals surface area contributed by atoms with Gasteiger partial charge in [-0.2, -0.15) is 0 Å². The maximum atomic E-state index is 13.6. The van der Waals surface area contributed by atoms with E-state index in [0.29, 0.717) is 12.1 Å². The minimum Gasteiger partial charge on any atom is -0.310 e. The Hall–Kier alpha value is -0.980. The number of sulfonamides is 1. The molecule has 19 heavy (non-hydrogen) atoms. The first-order chi connectivity index (χ1) is 8.88. The summed E-state index contributed by atoms with van der Waals surface area (Å²) in [7, 11) is -3.52. The van der Waals surface area contributed by atoms with Crippen molar-refractivity contribution >= 4 is 10.0 Å². The van der Waals surface area contributed by atoms with Crippen molar-refractivity contribution in [3.63, 3.8) is 0 Å². The third-order valence-electron chi connectivity index (χ3n) is 2.93. The van der Waals surface area contributed by atoms with E-state index in [-0.39, 0.29) is 17.0 Å². The van der Waals surface area contributed by atoms with Gasteiger partial charge in [-0.15, -0.1) is 0 Å². The lowest BCUT2D eigenvalue weighted by Crippen LogP contribution is -2.26. The Balaban J connectivity index is 2.19. The molecule has 0 amide bonds. The first-order valence-electron chi connectivity index (χ1n) is 6.42. The van der Waals surface area contributed by atoms with Gasteiger partial charge in [0.05, 0.1) is 4.90 Å². The Morgan fingerprint density at radius 3 is 2.63 bits per heavy atom. The zero-order chi connectivity index (χ0) is 14.0. The van der Waals surface area contributed by atoms with Crippen molar-refractivity contribution < 1.29 is 12.8 Å². The lowest BCUT2D eigenvalue weighted by atomic mass is 10.2. The SMILES string of the molecule is CC(C)NCc1cc(S(=O)(=O)NC2CC2)ccc1F. The largest absolute Gasteiger partial charge is 0.310 e. The van der Waals surface area contributed by atoms with Crippen molar-refractivity contribution in [2.75, 3.05) is 0 Å². The predicted octanol–water partition coefficient (Wildman–Crippen LogP) is 1.76. The Morgan fingerprint density at radius 2 is 2.05 bits per heavy atom. The summed E-state index contributed by atoms with van der Waals surface area (Å²) in [4.78, 5) is 0.126. The minimum atomic E-state index is -3.52. The van der Waals surface area contributed by atoms with Crippen molar-refractivity contribution in [3.8, 4) is 0 Å². The van der Waals surface area contributed by atoms with Gasteiger partial charge < -0.3 is 5.32 Å². The summed E-state index contributed by atoms with van der Waals surface area (Å²) in [5.41, 5.74) is 0.368. The van der Waals surface area contributed by atoms with Gasteiger partial charge in [0.15, 0.2) is 0 Å². The summed E-state index contributed by atoms with van der Waals surface area (Å²) >= 11 is 0. The average molecular weight is 286 g/mol. The lowest BCUT2D eigenvalue weighted by Gasteiger charge is -2.11. The highest BCUT2D eigenvalue weighted by molar-refractivity contribution is 7.89. The van der Waals surface area contributed by atoms with Crippen molar-refractivity contribution in [1.29, 1.82) is 0 Å². The highest BCUT2D eigenvalue weighted by atomic mass is 32.2. The first-order valence-corrected chi connectivity index (χ1v) is 7.91. The molecule has 0 aromatic heterocycles. The number of nitrogens with one attached hydrogen (secondary N) is 2. The molecule has 0 bridgehead atoms. The van der Waals surface area contributed by atoms with E-state index < -0.39 is 15.8 Å². The molecular formula is C13H19FN2O2S. The second-order valence-electron chi connectivity index (χ2n) is 5.18. The van der Waals surface area contributed by atoms with E-state index in [9.17, 15) is 12.8 Å². The van der Waals surface area contributed by atoms with Gasteiger partial charge in [0.25, 0.3) is 0 Å². The number of benzene rings is 1. The van der Waals surface area contributed by atoms with E-state index in [1.54, 1.807) is 0 Å². The molecule has 0 heterocycles. The van der Waals surface area contributed by atoms with Crippen LogP contribution in [0.1, 0.15) is 32.3 Å². The van der Waals surface area contributed by atoms with Crippen LogP contribution in [-0.4, -0.2) is 20.5 Å². The maximum Gasteiger partial charge on any atom is 0.240 e. The molecule has 2 rings (SSSR count). The molecule has 1 aromatic rings. The molecule has 0 saturated heterocycles. The van der Waals surface area contributed by atoms with Gasteiger partial charge in [-0.05, 0) is 31.0 Å². The van der Waals surface area contributed by atoms with E-state index in [0.717, 1.165) is 12.8 Å². The Bertz CT molecular complexity index is 554. The fraction of sp³-hybridized carbons (Fsp3) is 0.538. The normalized spacial score (nSPS) is 16.0. The fourth-order valence-electron chi connectivity index (χ4n) is 1.66. The number of hydrogen-bond acceptors (Lipinski definition) is 3. The van der Waals surface area contributed by atoms with Crippen LogP contribution in [0.25, 0.3) is 0 Å². The minimum absolute atomic E-state index is 0.0484. The molecule has 2 N–H and O–H groups in total. The first kappa shape index (κ1) is 14.4. The molecule has 106 valence electrons. The summed E-state index contributed by atoms with van der Waals surface area (Å²) < 4.78 is 40.3. The van der Waals surface area contributed by atoms with E-state index in [2.05, 4.69) is 10.0 Å². The third-order valence-corrected chi connectivity index (χ3v) is 4.45. The van der Waals surface area contributed by atoms with Crippen LogP contribution in [0.4, 0.5) is 4.39 Å². The van der Waals surface area contributed by atoms with E-state index in [4.69, 9.17) is 0 Å². The second kappa shape index (κ2) is 5.56. The van der Waals surface area contributed by atoms with Crippen LogP contribution in [0.3, 0.4) is 0 Å². The summed E-state index contributed by atoms with van der Waals surface area (Å²) in [6.07, 6.45) is 1.75. The molecule has 0 aliphatic heterocycles. The van der Waals surface area contributed by atoms with E-state index in [1.165, 1.54) is 18.2 Å². The van der Waals surface area contributed by atoms with Crippen molar-refractivity contribution in [3.05, 3.63) is 29.6 Å². The van der Waals surface area contributed by atoms with Crippen LogP contribution >= 0.6 is 0 Å². The average Bonchev–Trinajstić information content (AvgIpc) is 3.10. The molecular weight excluding hydrogens is 267 g/mol. The summed E-state index contributed by atoms with van der Waals surface area (Å²) in [6.45, 7) is 4.22. The highest BCUT2D eigenvalue weighted by Crippen LogP contribution is 2.23. The zero-order valence-electron chi connectivity index (χ0n) is 11.1. The van der Waals surface area contributed by atoms with Crippen molar-refractivity contribution in [2.24, 2.45) is 0 Å². The van der Waals surface area contributed by atoms with Crippen molar-refractivity contribution in [2.45, 2.75) is 50.2 Å². The number of halogens is 1. The van der Waals surface area contributed by atoms with Gasteiger partial charge in [-0.1, -0.05) is 13.8 Å². The number of hydrogen-bond donors (Lipinski definition) is 2. The summed E-state index contributed by atoms with van der Waals surface area (Å²) in [5.74, 6) is -0.390. The molecule has 1 aliphatic rings. The zero-order valence-corrected chi connectivity index (χ0v) is 11.9. The molecule has 0 spiro atoms. The molecule has 1 aliphatic carbocycles. The van der Waals surface area contributed by atoms with Crippen LogP contribution in [0.15, 0.2) is 23.1 Å². The van der Waals surface area contributed by atoms with Crippen molar-refractivity contribution in [1.82, 2.24) is 10.0 Å².